The number of methoxy groups -OCH3 is 1. The van der Waals surface area contributed by atoms with Gasteiger partial charge in [-0.05, 0) is 24.6 Å². The van der Waals surface area contributed by atoms with Crippen molar-refractivity contribution in [3.8, 4) is 0 Å². The zero-order chi connectivity index (χ0) is 13.8. The van der Waals surface area contributed by atoms with Gasteiger partial charge in [-0.15, -0.1) is 0 Å². The van der Waals surface area contributed by atoms with Crippen molar-refractivity contribution in [1.82, 2.24) is 0 Å². The van der Waals surface area contributed by atoms with E-state index in [-0.39, 0.29) is 18.0 Å². The monoisotopic (exact) mass is 251 g/mol. The van der Waals surface area contributed by atoms with Gasteiger partial charge in [-0.25, -0.2) is 4.79 Å². The van der Waals surface area contributed by atoms with Crippen molar-refractivity contribution < 1.29 is 14.6 Å². The van der Waals surface area contributed by atoms with Crippen molar-refractivity contribution >= 4 is 11.7 Å². The van der Waals surface area contributed by atoms with Crippen molar-refractivity contribution in [1.29, 1.82) is 0 Å². The van der Waals surface area contributed by atoms with Gasteiger partial charge in [0.2, 0.25) is 0 Å². The van der Waals surface area contributed by atoms with Gasteiger partial charge in [-0.1, -0.05) is 19.9 Å². The molecule has 100 valence electrons. The Hall–Kier alpha value is -1.55. The maximum absolute atomic E-state index is 11.4. The lowest BCUT2D eigenvalue weighted by Crippen LogP contribution is -2.27. The SMILES string of the molecule is COC(=O)c1ccc(C)c(NCC(C)(C)CO)c1. The fourth-order valence-corrected chi connectivity index (χ4v) is 1.45. The Morgan fingerprint density at radius 1 is 1.44 bits per heavy atom. The second-order valence-corrected chi connectivity index (χ2v) is 5.20. The zero-order valence-corrected chi connectivity index (χ0v) is 11.4. The molecule has 2 N–H and O–H groups in total. The highest BCUT2D eigenvalue weighted by Crippen LogP contribution is 2.20. The molecule has 1 rings (SSSR count). The Kier molecular flexibility index (Phi) is 4.73. The van der Waals surface area contributed by atoms with E-state index in [4.69, 9.17) is 4.74 Å². The summed E-state index contributed by atoms with van der Waals surface area (Å²) in [5.41, 5.74) is 2.26. The standard InChI is InChI=1S/C14H21NO3/c1-10-5-6-11(13(17)18-4)7-12(10)15-8-14(2,3)9-16/h5-7,15-16H,8-9H2,1-4H3. The molecule has 4 nitrogen and oxygen atoms in total. The number of ether oxygens (including phenoxy) is 1. The maximum Gasteiger partial charge on any atom is 0.337 e. The van der Waals surface area contributed by atoms with E-state index in [0.29, 0.717) is 12.1 Å². The summed E-state index contributed by atoms with van der Waals surface area (Å²) in [6, 6.07) is 5.39. The Balaban J connectivity index is 2.85. The molecule has 18 heavy (non-hydrogen) atoms. The number of hydrogen-bond donors (Lipinski definition) is 2. The van der Waals surface area contributed by atoms with Crippen LogP contribution in [0.3, 0.4) is 0 Å². The Morgan fingerprint density at radius 2 is 2.11 bits per heavy atom. The second kappa shape index (κ2) is 5.87. The van der Waals surface area contributed by atoms with Crippen LogP contribution in [0, 0.1) is 12.3 Å². The molecule has 0 radical (unpaired) electrons. The van der Waals surface area contributed by atoms with Gasteiger partial charge >= 0.3 is 5.97 Å². The van der Waals surface area contributed by atoms with E-state index >= 15 is 0 Å². The Morgan fingerprint density at radius 3 is 2.67 bits per heavy atom. The summed E-state index contributed by atoms with van der Waals surface area (Å²) in [6.45, 7) is 6.65. The van der Waals surface area contributed by atoms with Crippen molar-refractivity contribution in [3.05, 3.63) is 29.3 Å². The molecule has 0 aliphatic heterocycles. The first kappa shape index (κ1) is 14.5. The number of anilines is 1. The second-order valence-electron chi connectivity index (χ2n) is 5.20. The number of aryl methyl sites for hydroxylation is 1. The number of nitrogens with one attached hydrogen (secondary N) is 1. The van der Waals surface area contributed by atoms with Gasteiger partial charge in [0.05, 0.1) is 12.7 Å². The number of carbonyl (C=O) groups is 1. The molecule has 1 aromatic carbocycles. The van der Waals surface area contributed by atoms with Gasteiger partial charge in [0, 0.05) is 24.3 Å². The Bertz CT molecular complexity index is 427. The molecule has 0 heterocycles. The minimum atomic E-state index is -0.348. The molecule has 1 aromatic rings. The summed E-state index contributed by atoms with van der Waals surface area (Å²) < 4.78 is 4.69. The van der Waals surface area contributed by atoms with Gasteiger partial charge in [0.25, 0.3) is 0 Å². The van der Waals surface area contributed by atoms with Crippen LogP contribution in [0.15, 0.2) is 18.2 Å². The summed E-state index contributed by atoms with van der Waals surface area (Å²) in [6.07, 6.45) is 0. The van der Waals surface area contributed by atoms with Crippen molar-refractivity contribution in [2.24, 2.45) is 5.41 Å². The first-order chi connectivity index (χ1) is 8.39. The average molecular weight is 251 g/mol. The molecule has 4 heteroatoms. The summed E-state index contributed by atoms with van der Waals surface area (Å²) in [7, 11) is 1.37. The minimum absolute atomic E-state index is 0.107. The summed E-state index contributed by atoms with van der Waals surface area (Å²) in [4.78, 5) is 11.4. The number of benzene rings is 1. The van der Waals surface area contributed by atoms with E-state index < -0.39 is 0 Å². The van der Waals surface area contributed by atoms with Crippen LogP contribution in [0.5, 0.6) is 0 Å². The predicted octanol–water partition coefficient (Wildman–Crippen LogP) is 2.21. The highest BCUT2D eigenvalue weighted by molar-refractivity contribution is 5.90. The quantitative estimate of drug-likeness (QED) is 0.788. The van der Waals surface area contributed by atoms with E-state index in [2.05, 4.69) is 5.32 Å². The lowest BCUT2D eigenvalue weighted by Gasteiger charge is -2.23. The predicted molar refractivity (Wildman–Crippen MR) is 71.9 cm³/mol. The number of aliphatic hydroxyl groups is 1. The van der Waals surface area contributed by atoms with Crippen LogP contribution >= 0.6 is 0 Å². The van der Waals surface area contributed by atoms with Gasteiger partial charge in [-0.2, -0.15) is 0 Å². The molecule has 0 bridgehead atoms. The van der Waals surface area contributed by atoms with Crippen LogP contribution in [0.2, 0.25) is 0 Å². The molecule has 0 spiro atoms. The highest BCUT2D eigenvalue weighted by atomic mass is 16.5. The van der Waals surface area contributed by atoms with Gasteiger partial charge in [0.15, 0.2) is 0 Å². The molecule has 0 aromatic heterocycles. The van der Waals surface area contributed by atoms with Gasteiger partial charge < -0.3 is 15.2 Å². The average Bonchev–Trinajstić information content (AvgIpc) is 2.37. The number of rotatable bonds is 5. The third-order valence-electron chi connectivity index (χ3n) is 2.84. The fourth-order valence-electron chi connectivity index (χ4n) is 1.45. The van der Waals surface area contributed by atoms with Gasteiger partial charge in [0.1, 0.15) is 0 Å². The highest BCUT2D eigenvalue weighted by Gasteiger charge is 2.16. The molecule has 0 saturated carbocycles. The number of esters is 1. The normalized spacial score (nSPS) is 11.2. The Labute approximate surface area is 108 Å². The van der Waals surface area contributed by atoms with Crippen molar-refractivity contribution in [2.75, 3.05) is 25.6 Å². The fraction of sp³-hybridized carbons (Fsp3) is 0.500. The maximum atomic E-state index is 11.4. The molecule has 0 unspecified atom stereocenters. The van der Waals surface area contributed by atoms with Crippen LogP contribution in [0.25, 0.3) is 0 Å². The lowest BCUT2D eigenvalue weighted by atomic mass is 9.94. The topological polar surface area (TPSA) is 58.6 Å². The molecule has 0 atom stereocenters. The number of aliphatic hydroxyl groups excluding tert-OH is 1. The van der Waals surface area contributed by atoms with Crippen molar-refractivity contribution in [2.45, 2.75) is 20.8 Å². The van der Waals surface area contributed by atoms with Crippen LogP contribution in [0.4, 0.5) is 5.69 Å². The first-order valence-corrected chi connectivity index (χ1v) is 5.93. The molecular formula is C14H21NO3. The third kappa shape index (κ3) is 3.74. The van der Waals surface area contributed by atoms with E-state index in [1.807, 2.05) is 26.8 Å². The van der Waals surface area contributed by atoms with Crippen molar-refractivity contribution in [3.63, 3.8) is 0 Å². The summed E-state index contributed by atoms with van der Waals surface area (Å²) in [5, 5.41) is 12.5. The molecule has 0 aliphatic carbocycles. The molecule has 0 aliphatic rings. The van der Waals surface area contributed by atoms with Gasteiger partial charge in [-0.3, -0.25) is 0 Å². The molecule has 0 amide bonds. The largest absolute Gasteiger partial charge is 0.465 e. The summed E-state index contributed by atoms with van der Waals surface area (Å²) >= 11 is 0. The van der Waals surface area contributed by atoms with E-state index in [1.165, 1.54) is 7.11 Å². The zero-order valence-electron chi connectivity index (χ0n) is 11.4. The molecule has 0 saturated heterocycles. The third-order valence-corrected chi connectivity index (χ3v) is 2.84. The number of carbonyl (C=O) groups excluding carboxylic acids is 1. The molecule has 0 fully saturated rings. The number of hydrogen-bond acceptors (Lipinski definition) is 4. The summed E-state index contributed by atoms with van der Waals surface area (Å²) in [5.74, 6) is -0.348. The lowest BCUT2D eigenvalue weighted by molar-refractivity contribution is 0.0601. The smallest absolute Gasteiger partial charge is 0.337 e. The van der Waals surface area contributed by atoms with E-state index in [1.54, 1.807) is 12.1 Å². The first-order valence-electron chi connectivity index (χ1n) is 5.93. The van der Waals surface area contributed by atoms with Crippen LogP contribution in [0.1, 0.15) is 29.8 Å². The van der Waals surface area contributed by atoms with E-state index in [0.717, 1.165) is 11.3 Å². The molecular weight excluding hydrogens is 230 g/mol. The van der Waals surface area contributed by atoms with Crippen LogP contribution in [-0.2, 0) is 4.74 Å². The minimum Gasteiger partial charge on any atom is -0.465 e. The van der Waals surface area contributed by atoms with E-state index in [9.17, 15) is 9.90 Å². The van der Waals surface area contributed by atoms with Crippen LogP contribution in [-0.4, -0.2) is 31.3 Å². The van der Waals surface area contributed by atoms with Crippen LogP contribution < -0.4 is 5.32 Å².